The summed E-state index contributed by atoms with van der Waals surface area (Å²) in [6.07, 6.45) is 0. The Hall–Kier alpha value is -2.64. The molecule has 0 bridgehead atoms. The first kappa shape index (κ1) is 14.0. The zero-order valence-electron chi connectivity index (χ0n) is 12.4. The lowest BCUT2D eigenvalue weighted by Crippen LogP contribution is -1.91. The van der Waals surface area contributed by atoms with Crippen LogP contribution in [0.4, 0.5) is 0 Å². The molecular weight excluding hydrogens is 302 g/mol. The van der Waals surface area contributed by atoms with Crippen LogP contribution in [0.2, 0.25) is 5.02 Å². The highest BCUT2D eigenvalue weighted by atomic mass is 35.5. The quantitative estimate of drug-likeness (QED) is 0.428. The Labute approximate surface area is 140 Å². The van der Waals surface area contributed by atoms with Crippen molar-refractivity contribution in [3.8, 4) is 22.4 Å². The number of pyridine rings is 1. The van der Waals surface area contributed by atoms with E-state index in [1.807, 2.05) is 42.5 Å². The smallest absolute Gasteiger partial charge is 0.0788 e. The summed E-state index contributed by atoms with van der Waals surface area (Å²) in [4.78, 5) is 4.90. The van der Waals surface area contributed by atoms with Crippen LogP contribution in [0.5, 0.6) is 0 Å². The Balaban J connectivity index is 2.04. The van der Waals surface area contributed by atoms with E-state index in [4.69, 9.17) is 16.6 Å². The highest BCUT2D eigenvalue weighted by Crippen LogP contribution is 2.33. The van der Waals surface area contributed by atoms with Crippen molar-refractivity contribution in [1.29, 1.82) is 0 Å². The number of aromatic nitrogens is 1. The number of halogens is 1. The molecule has 0 radical (unpaired) electrons. The van der Waals surface area contributed by atoms with Gasteiger partial charge in [-0.25, -0.2) is 4.98 Å². The summed E-state index contributed by atoms with van der Waals surface area (Å²) in [5.74, 6) is 0. The zero-order valence-corrected chi connectivity index (χ0v) is 13.2. The van der Waals surface area contributed by atoms with Gasteiger partial charge >= 0.3 is 0 Å². The van der Waals surface area contributed by atoms with Crippen LogP contribution >= 0.6 is 11.6 Å². The summed E-state index contributed by atoms with van der Waals surface area (Å²) in [5, 5.41) is 1.80. The van der Waals surface area contributed by atoms with Gasteiger partial charge in [-0.3, -0.25) is 0 Å². The number of rotatable bonds is 2. The molecule has 0 N–H and O–H groups in total. The fraction of sp³-hybridized carbons (Fsp3) is 0. The molecule has 4 aromatic rings. The summed E-state index contributed by atoms with van der Waals surface area (Å²) >= 11 is 6.13. The second-order valence-electron chi connectivity index (χ2n) is 5.45. The predicted octanol–water partition coefficient (Wildman–Crippen LogP) is 6.22. The van der Waals surface area contributed by atoms with Gasteiger partial charge in [-0.1, -0.05) is 78.3 Å². The highest BCUT2D eigenvalue weighted by Gasteiger charge is 2.11. The molecule has 0 saturated heterocycles. The van der Waals surface area contributed by atoms with E-state index < -0.39 is 0 Å². The van der Waals surface area contributed by atoms with Crippen molar-refractivity contribution >= 4 is 22.5 Å². The molecule has 2 heteroatoms. The fourth-order valence-corrected chi connectivity index (χ4v) is 2.96. The molecule has 0 aliphatic rings. The molecule has 0 unspecified atom stereocenters. The largest absolute Gasteiger partial charge is 0.247 e. The predicted molar refractivity (Wildman–Crippen MR) is 97.6 cm³/mol. The van der Waals surface area contributed by atoms with Crippen molar-refractivity contribution in [2.45, 2.75) is 0 Å². The SMILES string of the molecule is Clc1ccc2cc(-c3ccccc3)c(-c3ccccc3)nc2c1. The van der Waals surface area contributed by atoms with Crippen LogP contribution in [0.15, 0.2) is 84.9 Å². The van der Waals surface area contributed by atoms with Gasteiger partial charge in [0, 0.05) is 21.5 Å². The average molecular weight is 316 g/mol. The Kier molecular flexibility index (Phi) is 3.57. The summed E-state index contributed by atoms with van der Waals surface area (Å²) in [5.41, 5.74) is 5.29. The first-order valence-corrected chi connectivity index (χ1v) is 7.90. The molecular formula is C21H14ClN. The summed E-state index contributed by atoms with van der Waals surface area (Å²) in [6, 6.07) is 28.7. The molecule has 0 aliphatic heterocycles. The molecule has 1 aromatic heterocycles. The van der Waals surface area contributed by atoms with Gasteiger partial charge in [0.05, 0.1) is 11.2 Å². The van der Waals surface area contributed by atoms with Gasteiger partial charge < -0.3 is 0 Å². The second kappa shape index (κ2) is 5.86. The van der Waals surface area contributed by atoms with Gasteiger partial charge in [-0.05, 0) is 23.8 Å². The normalized spacial score (nSPS) is 10.8. The summed E-state index contributed by atoms with van der Waals surface area (Å²) in [7, 11) is 0. The lowest BCUT2D eigenvalue weighted by atomic mass is 9.97. The second-order valence-corrected chi connectivity index (χ2v) is 5.89. The van der Waals surface area contributed by atoms with Crippen LogP contribution in [0.1, 0.15) is 0 Å². The van der Waals surface area contributed by atoms with Crippen molar-refractivity contribution in [3.05, 3.63) is 90.0 Å². The van der Waals surface area contributed by atoms with Crippen LogP contribution in [0.25, 0.3) is 33.3 Å². The molecule has 0 fully saturated rings. The number of hydrogen-bond acceptors (Lipinski definition) is 1. The number of nitrogens with zero attached hydrogens (tertiary/aromatic N) is 1. The van der Waals surface area contributed by atoms with Gasteiger partial charge in [0.1, 0.15) is 0 Å². The van der Waals surface area contributed by atoms with Crippen LogP contribution in [-0.2, 0) is 0 Å². The molecule has 0 saturated carbocycles. The van der Waals surface area contributed by atoms with E-state index >= 15 is 0 Å². The third kappa shape index (κ3) is 2.71. The van der Waals surface area contributed by atoms with E-state index in [0.29, 0.717) is 5.02 Å². The van der Waals surface area contributed by atoms with Crippen LogP contribution in [-0.4, -0.2) is 4.98 Å². The lowest BCUT2D eigenvalue weighted by molar-refractivity contribution is 1.39. The van der Waals surface area contributed by atoms with Gasteiger partial charge in [-0.15, -0.1) is 0 Å². The monoisotopic (exact) mass is 315 g/mol. The minimum atomic E-state index is 0.705. The number of hydrogen-bond donors (Lipinski definition) is 0. The molecule has 0 aliphatic carbocycles. The molecule has 4 rings (SSSR count). The van der Waals surface area contributed by atoms with E-state index in [2.05, 4.69) is 42.5 Å². The minimum Gasteiger partial charge on any atom is -0.247 e. The Bertz CT molecular complexity index is 963. The van der Waals surface area contributed by atoms with Crippen molar-refractivity contribution in [2.24, 2.45) is 0 Å². The third-order valence-corrected chi connectivity index (χ3v) is 4.15. The molecule has 1 nitrogen and oxygen atoms in total. The first-order valence-electron chi connectivity index (χ1n) is 7.52. The van der Waals surface area contributed by atoms with Crippen LogP contribution < -0.4 is 0 Å². The van der Waals surface area contributed by atoms with Crippen molar-refractivity contribution < 1.29 is 0 Å². The van der Waals surface area contributed by atoms with Crippen molar-refractivity contribution in [2.75, 3.05) is 0 Å². The minimum absolute atomic E-state index is 0.705. The van der Waals surface area contributed by atoms with E-state index in [1.165, 1.54) is 0 Å². The molecule has 0 atom stereocenters. The zero-order chi connectivity index (χ0) is 15.6. The average Bonchev–Trinajstić information content (AvgIpc) is 2.62. The maximum absolute atomic E-state index is 6.13. The van der Waals surface area contributed by atoms with E-state index in [9.17, 15) is 0 Å². The molecule has 0 spiro atoms. The van der Waals surface area contributed by atoms with E-state index in [1.54, 1.807) is 0 Å². The molecule has 110 valence electrons. The molecule has 1 heterocycles. The maximum Gasteiger partial charge on any atom is 0.0788 e. The number of fused-ring (bicyclic) bond motifs is 1. The van der Waals surface area contributed by atoms with Gasteiger partial charge in [0.2, 0.25) is 0 Å². The Morgan fingerprint density at radius 2 is 1.30 bits per heavy atom. The molecule has 0 amide bonds. The lowest BCUT2D eigenvalue weighted by Gasteiger charge is -2.11. The Morgan fingerprint density at radius 3 is 2.00 bits per heavy atom. The van der Waals surface area contributed by atoms with Gasteiger partial charge in [0.25, 0.3) is 0 Å². The van der Waals surface area contributed by atoms with Gasteiger partial charge in [-0.2, -0.15) is 0 Å². The fourth-order valence-electron chi connectivity index (χ4n) is 2.79. The highest BCUT2D eigenvalue weighted by molar-refractivity contribution is 6.31. The Morgan fingerprint density at radius 1 is 0.652 bits per heavy atom. The van der Waals surface area contributed by atoms with Crippen molar-refractivity contribution in [1.82, 2.24) is 4.98 Å². The first-order chi connectivity index (χ1) is 11.3. The topological polar surface area (TPSA) is 12.9 Å². The standard InChI is InChI=1S/C21H14ClN/c22-18-12-11-17-13-19(15-7-3-1-4-8-15)21(23-20(17)14-18)16-9-5-2-6-10-16/h1-14H. The third-order valence-electron chi connectivity index (χ3n) is 3.91. The van der Waals surface area contributed by atoms with Gasteiger partial charge in [0.15, 0.2) is 0 Å². The molecule has 23 heavy (non-hydrogen) atoms. The van der Waals surface area contributed by atoms with E-state index in [0.717, 1.165) is 33.3 Å². The van der Waals surface area contributed by atoms with Crippen LogP contribution in [0, 0.1) is 0 Å². The summed E-state index contributed by atoms with van der Waals surface area (Å²) < 4.78 is 0. The maximum atomic E-state index is 6.13. The van der Waals surface area contributed by atoms with E-state index in [-0.39, 0.29) is 0 Å². The molecule has 3 aromatic carbocycles. The number of benzene rings is 3. The van der Waals surface area contributed by atoms with Crippen LogP contribution in [0.3, 0.4) is 0 Å². The summed E-state index contributed by atoms with van der Waals surface area (Å²) in [6.45, 7) is 0. The van der Waals surface area contributed by atoms with Crippen molar-refractivity contribution in [3.63, 3.8) is 0 Å².